The topological polar surface area (TPSA) is 38.3 Å². The Hall–Kier alpha value is -0.570. The van der Waals surface area contributed by atoms with Crippen molar-refractivity contribution in [3.63, 3.8) is 0 Å². The van der Waals surface area contributed by atoms with Crippen molar-refractivity contribution in [2.24, 2.45) is 5.92 Å². The maximum atomic E-state index is 11.4. The first-order chi connectivity index (χ1) is 7.59. The molecule has 1 rings (SSSR count). The highest BCUT2D eigenvalue weighted by Crippen LogP contribution is 2.26. The second kappa shape index (κ2) is 6.89. The molecule has 0 aromatic heterocycles. The van der Waals surface area contributed by atoms with Crippen molar-refractivity contribution in [2.45, 2.75) is 65.0 Å². The molecular formula is C13H25NO2. The van der Waals surface area contributed by atoms with Gasteiger partial charge in [0.05, 0.1) is 12.6 Å². The van der Waals surface area contributed by atoms with Crippen LogP contribution < -0.4 is 5.32 Å². The minimum absolute atomic E-state index is 0.0145. The molecule has 0 unspecified atom stereocenters. The standard InChI is InChI=1S/C13H25NO2/c1-10(2)16-13(15)9-14-11(3)12-7-5-4-6-8-12/h10-12,14H,4-9H2,1-3H3/t11-/m1/s1. The van der Waals surface area contributed by atoms with E-state index >= 15 is 0 Å². The third-order valence-corrected chi connectivity index (χ3v) is 3.29. The Balaban J connectivity index is 2.18. The molecule has 0 spiro atoms. The number of hydrogen-bond donors (Lipinski definition) is 1. The lowest BCUT2D eigenvalue weighted by molar-refractivity contribution is -0.146. The molecular weight excluding hydrogens is 202 g/mol. The highest BCUT2D eigenvalue weighted by Gasteiger charge is 2.20. The van der Waals surface area contributed by atoms with Crippen LogP contribution in [0.2, 0.25) is 0 Å². The summed E-state index contributed by atoms with van der Waals surface area (Å²) in [5.74, 6) is 0.596. The molecule has 0 aliphatic heterocycles. The predicted octanol–water partition coefficient (Wildman–Crippen LogP) is 2.50. The van der Waals surface area contributed by atoms with Crippen LogP contribution in [-0.2, 0) is 9.53 Å². The summed E-state index contributed by atoms with van der Waals surface area (Å²) in [5, 5.41) is 3.28. The molecule has 0 radical (unpaired) electrons. The number of esters is 1. The number of nitrogens with one attached hydrogen (secondary N) is 1. The minimum Gasteiger partial charge on any atom is -0.462 e. The molecule has 1 aliphatic rings. The molecule has 16 heavy (non-hydrogen) atoms. The summed E-state index contributed by atoms with van der Waals surface area (Å²) in [6, 6.07) is 0.431. The van der Waals surface area contributed by atoms with Gasteiger partial charge in [0.15, 0.2) is 0 Å². The minimum atomic E-state index is -0.141. The van der Waals surface area contributed by atoms with E-state index in [-0.39, 0.29) is 12.1 Å². The zero-order valence-electron chi connectivity index (χ0n) is 10.8. The van der Waals surface area contributed by atoms with Crippen molar-refractivity contribution in [3.05, 3.63) is 0 Å². The highest BCUT2D eigenvalue weighted by atomic mass is 16.5. The van der Waals surface area contributed by atoms with E-state index in [4.69, 9.17) is 4.74 Å². The van der Waals surface area contributed by atoms with Crippen LogP contribution in [0.1, 0.15) is 52.9 Å². The average Bonchev–Trinajstić information content (AvgIpc) is 2.26. The third kappa shape index (κ3) is 4.97. The summed E-state index contributed by atoms with van der Waals surface area (Å²) in [7, 11) is 0. The van der Waals surface area contributed by atoms with E-state index in [2.05, 4.69) is 12.2 Å². The van der Waals surface area contributed by atoms with Crippen molar-refractivity contribution in [2.75, 3.05) is 6.54 Å². The van der Waals surface area contributed by atoms with E-state index in [1.807, 2.05) is 13.8 Å². The summed E-state index contributed by atoms with van der Waals surface area (Å²) in [5.41, 5.74) is 0. The van der Waals surface area contributed by atoms with Crippen molar-refractivity contribution < 1.29 is 9.53 Å². The van der Waals surface area contributed by atoms with Crippen LogP contribution in [0, 0.1) is 5.92 Å². The fourth-order valence-corrected chi connectivity index (χ4v) is 2.35. The van der Waals surface area contributed by atoms with Gasteiger partial charge in [-0.15, -0.1) is 0 Å². The number of carbonyl (C=O) groups excluding carboxylic acids is 1. The first-order valence-electron chi connectivity index (χ1n) is 6.52. The molecule has 0 aromatic carbocycles. The molecule has 3 nitrogen and oxygen atoms in total. The molecule has 0 saturated heterocycles. The predicted molar refractivity (Wildman–Crippen MR) is 65.3 cm³/mol. The number of hydrogen-bond acceptors (Lipinski definition) is 3. The van der Waals surface area contributed by atoms with Gasteiger partial charge in [-0.2, -0.15) is 0 Å². The van der Waals surface area contributed by atoms with Gasteiger partial charge in [-0.3, -0.25) is 4.79 Å². The molecule has 1 aliphatic carbocycles. The number of carbonyl (C=O) groups is 1. The molecule has 1 fully saturated rings. The Labute approximate surface area is 98.9 Å². The molecule has 0 aromatic rings. The van der Waals surface area contributed by atoms with Crippen LogP contribution in [0.4, 0.5) is 0 Å². The summed E-state index contributed by atoms with van der Waals surface area (Å²) >= 11 is 0. The van der Waals surface area contributed by atoms with E-state index in [1.54, 1.807) is 0 Å². The third-order valence-electron chi connectivity index (χ3n) is 3.29. The second-order valence-corrected chi connectivity index (χ2v) is 5.11. The van der Waals surface area contributed by atoms with Gasteiger partial charge in [0.1, 0.15) is 0 Å². The zero-order chi connectivity index (χ0) is 12.0. The summed E-state index contributed by atoms with van der Waals surface area (Å²) < 4.78 is 5.09. The number of rotatable bonds is 5. The van der Waals surface area contributed by atoms with E-state index < -0.39 is 0 Å². The van der Waals surface area contributed by atoms with Gasteiger partial charge in [-0.1, -0.05) is 19.3 Å². The molecule has 0 heterocycles. The fraction of sp³-hybridized carbons (Fsp3) is 0.923. The Morgan fingerprint density at radius 3 is 2.44 bits per heavy atom. The lowest BCUT2D eigenvalue weighted by atomic mass is 9.84. The van der Waals surface area contributed by atoms with Gasteiger partial charge in [0, 0.05) is 6.04 Å². The maximum Gasteiger partial charge on any atom is 0.320 e. The van der Waals surface area contributed by atoms with Crippen LogP contribution in [-0.4, -0.2) is 24.7 Å². The van der Waals surface area contributed by atoms with Gasteiger partial charge < -0.3 is 10.1 Å². The lowest BCUT2D eigenvalue weighted by Crippen LogP contribution is -2.38. The summed E-state index contributed by atoms with van der Waals surface area (Å²) in [6.07, 6.45) is 6.64. The van der Waals surface area contributed by atoms with Gasteiger partial charge >= 0.3 is 5.97 Å². The molecule has 1 N–H and O–H groups in total. The molecule has 94 valence electrons. The van der Waals surface area contributed by atoms with E-state index in [0.717, 1.165) is 5.92 Å². The monoisotopic (exact) mass is 227 g/mol. The molecule has 3 heteroatoms. The van der Waals surface area contributed by atoms with Gasteiger partial charge in [-0.05, 0) is 39.5 Å². The zero-order valence-corrected chi connectivity index (χ0v) is 10.8. The number of ether oxygens (including phenoxy) is 1. The summed E-state index contributed by atoms with van der Waals surface area (Å²) in [4.78, 5) is 11.4. The Morgan fingerprint density at radius 2 is 1.88 bits per heavy atom. The SMILES string of the molecule is CC(C)OC(=O)CN[C@H](C)C1CCCCC1. The Kier molecular flexibility index (Phi) is 5.81. The van der Waals surface area contributed by atoms with Crippen molar-refractivity contribution in [3.8, 4) is 0 Å². The Bertz CT molecular complexity index is 210. The lowest BCUT2D eigenvalue weighted by Gasteiger charge is -2.28. The van der Waals surface area contributed by atoms with Crippen molar-refractivity contribution in [1.29, 1.82) is 0 Å². The molecule has 0 amide bonds. The van der Waals surface area contributed by atoms with Crippen molar-refractivity contribution >= 4 is 5.97 Å². The molecule has 0 bridgehead atoms. The van der Waals surface area contributed by atoms with E-state index in [9.17, 15) is 4.79 Å². The van der Waals surface area contributed by atoms with Crippen LogP contribution >= 0.6 is 0 Å². The average molecular weight is 227 g/mol. The fourth-order valence-electron chi connectivity index (χ4n) is 2.35. The van der Waals surface area contributed by atoms with Crippen molar-refractivity contribution in [1.82, 2.24) is 5.32 Å². The van der Waals surface area contributed by atoms with Gasteiger partial charge in [0.2, 0.25) is 0 Å². The van der Waals surface area contributed by atoms with E-state index in [0.29, 0.717) is 12.6 Å². The quantitative estimate of drug-likeness (QED) is 0.733. The Morgan fingerprint density at radius 1 is 1.25 bits per heavy atom. The van der Waals surface area contributed by atoms with Gasteiger partial charge in [0.25, 0.3) is 0 Å². The normalized spacial score (nSPS) is 19.8. The maximum absolute atomic E-state index is 11.4. The van der Waals surface area contributed by atoms with Crippen LogP contribution in [0.15, 0.2) is 0 Å². The first kappa shape index (κ1) is 13.5. The second-order valence-electron chi connectivity index (χ2n) is 5.11. The smallest absolute Gasteiger partial charge is 0.320 e. The first-order valence-corrected chi connectivity index (χ1v) is 6.52. The van der Waals surface area contributed by atoms with Crippen LogP contribution in [0.25, 0.3) is 0 Å². The molecule has 1 saturated carbocycles. The van der Waals surface area contributed by atoms with Gasteiger partial charge in [-0.25, -0.2) is 0 Å². The highest BCUT2D eigenvalue weighted by molar-refractivity contribution is 5.71. The van der Waals surface area contributed by atoms with Crippen LogP contribution in [0.3, 0.4) is 0 Å². The van der Waals surface area contributed by atoms with E-state index in [1.165, 1.54) is 32.1 Å². The van der Waals surface area contributed by atoms with Crippen LogP contribution in [0.5, 0.6) is 0 Å². The summed E-state index contributed by atoms with van der Waals surface area (Å²) in [6.45, 7) is 6.28. The molecule has 1 atom stereocenters. The largest absolute Gasteiger partial charge is 0.462 e.